The van der Waals surface area contributed by atoms with Gasteiger partial charge in [0.05, 0.1) is 10.4 Å². The zero-order valence-corrected chi connectivity index (χ0v) is 12.7. The Kier molecular flexibility index (Phi) is 4.74. The van der Waals surface area contributed by atoms with Crippen molar-refractivity contribution in [2.75, 3.05) is 6.54 Å². The van der Waals surface area contributed by atoms with Crippen LogP contribution in [-0.4, -0.2) is 33.3 Å². The molecule has 112 valence electrons. The number of nitrogens with one attached hydrogen (secondary N) is 1. The number of amides is 1. The number of hydrogen-bond acceptors (Lipinski definition) is 4. The summed E-state index contributed by atoms with van der Waals surface area (Å²) in [6.07, 6.45) is 1.71. The van der Waals surface area contributed by atoms with Gasteiger partial charge in [-0.3, -0.25) is 14.3 Å². The van der Waals surface area contributed by atoms with Crippen molar-refractivity contribution in [1.82, 2.24) is 15.1 Å². The second-order valence-corrected chi connectivity index (χ2v) is 5.90. The van der Waals surface area contributed by atoms with Gasteiger partial charge in [-0.1, -0.05) is 13.0 Å². The number of aromatic nitrogens is 2. The first-order valence-corrected chi connectivity index (χ1v) is 7.43. The first kappa shape index (κ1) is 15.2. The van der Waals surface area contributed by atoms with Crippen LogP contribution in [0.2, 0.25) is 0 Å². The number of rotatable bonds is 6. The highest BCUT2D eigenvalue weighted by Gasteiger charge is 2.18. The molecule has 0 spiro atoms. The van der Waals surface area contributed by atoms with Crippen LogP contribution in [0.4, 0.5) is 0 Å². The number of carboxylic acid groups (broad SMARTS) is 1. The molecule has 0 saturated heterocycles. The molecule has 1 atom stereocenters. The van der Waals surface area contributed by atoms with Crippen molar-refractivity contribution in [2.45, 2.75) is 13.3 Å². The normalized spacial score (nSPS) is 12.1. The van der Waals surface area contributed by atoms with Crippen LogP contribution in [0, 0.1) is 5.92 Å². The summed E-state index contributed by atoms with van der Waals surface area (Å²) in [5.41, 5.74) is 1.15. The second kappa shape index (κ2) is 6.53. The van der Waals surface area contributed by atoms with Gasteiger partial charge >= 0.3 is 5.97 Å². The fourth-order valence-corrected chi connectivity index (χ4v) is 2.71. The fourth-order valence-electron chi connectivity index (χ4n) is 1.98. The Morgan fingerprint density at radius 1 is 1.52 bits per heavy atom. The van der Waals surface area contributed by atoms with Gasteiger partial charge in [-0.05, 0) is 17.4 Å². The molecule has 6 nitrogen and oxygen atoms in total. The summed E-state index contributed by atoms with van der Waals surface area (Å²) in [5, 5.41) is 17.7. The third-order valence-electron chi connectivity index (χ3n) is 2.96. The summed E-state index contributed by atoms with van der Waals surface area (Å²) < 4.78 is 1.60. The minimum atomic E-state index is -0.864. The van der Waals surface area contributed by atoms with Gasteiger partial charge in [-0.25, -0.2) is 0 Å². The van der Waals surface area contributed by atoms with E-state index in [2.05, 4.69) is 10.4 Å². The molecule has 2 rings (SSSR count). The largest absolute Gasteiger partial charge is 0.481 e. The van der Waals surface area contributed by atoms with E-state index in [1.54, 1.807) is 24.9 Å². The lowest BCUT2D eigenvalue weighted by Crippen LogP contribution is -2.29. The minimum absolute atomic E-state index is 0.0328. The van der Waals surface area contributed by atoms with Gasteiger partial charge in [0.2, 0.25) is 0 Å². The highest BCUT2D eigenvalue weighted by molar-refractivity contribution is 7.13. The Hall–Kier alpha value is -2.15. The molecule has 1 amide bonds. The number of aliphatic carboxylic acids is 1. The number of nitrogens with zero attached hydrogens (tertiary/aromatic N) is 2. The predicted molar refractivity (Wildman–Crippen MR) is 80.3 cm³/mol. The molecule has 0 radical (unpaired) electrons. The maximum absolute atomic E-state index is 12.3. The lowest BCUT2D eigenvalue weighted by molar-refractivity contribution is -0.137. The van der Waals surface area contributed by atoms with Crippen LogP contribution in [0.3, 0.4) is 0 Å². The van der Waals surface area contributed by atoms with E-state index < -0.39 is 5.97 Å². The molecule has 0 bridgehead atoms. The van der Waals surface area contributed by atoms with Gasteiger partial charge in [0, 0.05) is 26.2 Å². The Labute approximate surface area is 126 Å². The molecule has 0 fully saturated rings. The summed E-state index contributed by atoms with van der Waals surface area (Å²) in [7, 11) is 1.76. The Morgan fingerprint density at radius 3 is 2.90 bits per heavy atom. The van der Waals surface area contributed by atoms with E-state index in [9.17, 15) is 9.59 Å². The maximum atomic E-state index is 12.3. The smallest absolute Gasteiger partial charge is 0.303 e. The van der Waals surface area contributed by atoms with E-state index in [-0.39, 0.29) is 18.2 Å². The number of hydrogen-bond donors (Lipinski definition) is 2. The fraction of sp³-hybridized carbons (Fsp3) is 0.357. The molecule has 21 heavy (non-hydrogen) atoms. The Morgan fingerprint density at radius 2 is 2.29 bits per heavy atom. The van der Waals surface area contributed by atoms with Crippen molar-refractivity contribution in [3.63, 3.8) is 0 Å². The zero-order valence-electron chi connectivity index (χ0n) is 11.9. The van der Waals surface area contributed by atoms with Crippen LogP contribution in [0.25, 0.3) is 10.6 Å². The summed E-state index contributed by atoms with van der Waals surface area (Å²) in [5.74, 6) is -1.21. The van der Waals surface area contributed by atoms with Crippen molar-refractivity contribution in [3.05, 3.63) is 29.3 Å². The van der Waals surface area contributed by atoms with Crippen LogP contribution in [-0.2, 0) is 11.8 Å². The molecule has 2 heterocycles. The second-order valence-electron chi connectivity index (χ2n) is 4.96. The minimum Gasteiger partial charge on any atom is -0.481 e. The van der Waals surface area contributed by atoms with Crippen molar-refractivity contribution >= 4 is 23.2 Å². The molecule has 2 aromatic heterocycles. The van der Waals surface area contributed by atoms with Crippen LogP contribution in [0.15, 0.2) is 23.7 Å². The average molecular weight is 307 g/mol. The van der Waals surface area contributed by atoms with E-state index in [1.807, 2.05) is 17.5 Å². The molecule has 0 saturated carbocycles. The van der Waals surface area contributed by atoms with E-state index in [4.69, 9.17) is 5.11 Å². The molecule has 2 aromatic rings. The zero-order chi connectivity index (χ0) is 15.4. The van der Waals surface area contributed by atoms with Crippen molar-refractivity contribution < 1.29 is 14.7 Å². The van der Waals surface area contributed by atoms with Gasteiger partial charge in [0.25, 0.3) is 5.91 Å². The van der Waals surface area contributed by atoms with Gasteiger partial charge in [0.15, 0.2) is 0 Å². The van der Waals surface area contributed by atoms with E-state index in [1.165, 1.54) is 11.3 Å². The van der Waals surface area contributed by atoms with Crippen molar-refractivity contribution in [3.8, 4) is 10.6 Å². The SMILES string of the molecule is CC(CNC(=O)c1cn(C)nc1-c1cccs1)CC(=O)O. The first-order valence-electron chi connectivity index (χ1n) is 6.55. The monoisotopic (exact) mass is 307 g/mol. The van der Waals surface area contributed by atoms with E-state index in [0.29, 0.717) is 17.8 Å². The number of carboxylic acids is 1. The van der Waals surface area contributed by atoms with Gasteiger partial charge in [-0.2, -0.15) is 5.10 Å². The molecule has 1 unspecified atom stereocenters. The number of thiophene rings is 1. The predicted octanol–water partition coefficient (Wildman–Crippen LogP) is 1.99. The third-order valence-corrected chi connectivity index (χ3v) is 3.84. The molecular formula is C14H17N3O3S. The Bertz CT molecular complexity index is 634. The highest BCUT2D eigenvalue weighted by atomic mass is 32.1. The summed E-state index contributed by atoms with van der Waals surface area (Å²) in [6.45, 7) is 2.11. The van der Waals surface area contributed by atoms with Crippen molar-refractivity contribution in [2.24, 2.45) is 13.0 Å². The standard InChI is InChI=1S/C14H17N3O3S/c1-9(6-12(18)19)7-15-14(20)10-8-17(2)16-13(10)11-4-3-5-21-11/h3-5,8-9H,6-7H2,1-2H3,(H,15,20)(H,18,19). The van der Waals surface area contributed by atoms with Gasteiger partial charge in [-0.15, -0.1) is 11.3 Å². The van der Waals surface area contributed by atoms with Crippen LogP contribution < -0.4 is 5.32 Å². The number of carbonyl (C=O) groups is 2. The molecule has 0 aromatic carbocycles. The summed E-state index contributed by atoms with van der Waals surface area (Å²) in [4.78, 5) is 23.8. The van der Waals surface area contributed by atoms with E-state index in [0.717, 1.165) is 4.88 Å². The third kappa shape index (κ3) is 3.91. The quantitative estimate of drug-likeness (QED) is 0.855. The molecule has 0 aliphatic carbocycles. The van der Waals surface area contributed by atoms with Gasteiger partial charge < -0.3 is 10.4 Å². The Balaban J connectivity index is 2.08. The van der Waals surface area contributed by atoms with Crippen LogP contribution in [0.5, 0.6) is 0 Å². The highest BCUT2D eigenvalue weighted by Crippen LogP contribution is 2.26. The maximum Gasteiger partial charge on any atom is 0.303 e. The molecular weight excluding hydrogens is 290 g/mol. The van der Waals surface area contributed by atoms with Crippen LogP contribution >= 0.6 is 11.3 Å². The lowest BCUT2D eigenvalue weighted by Gasteiger charge is -2.10. The summed E-state index contributed by atoms with van der Waals surface area (Å²) >= 11 is 1.52. The number of carbonyl (C=O) groups excluding carboxylic acids is 1. The van der Waals surface area contributed by atoms with Gasteiger partial charge in [0.1, 0.15) is 5.69 Å². The topological polar surface area (TPSA) is 84.2 Å². The molecule has 0 aliphatic heterocycles. The molecule has 7 heteroatoms. The van der Waals surface area contributed by atoms with Crippen molar-refractivity contribution in [1.29, 1.82) is 0 Å². The number of aryl methyl sites for hydroxylation is 1. The first-order chi connectivity index (χ1) is 9.97. The average Bonchev–Trinajstić information content (AvgIpc) is 3.03. The lowest BCUT2D eigenvalue weighted by atomic mass is 10.1. The molecule has 2 N–H and O–H groups in total. The van der Waals surface area contributed by atoms with Crippen LogP contribution in [0.1, 0.15) is 23.7 Å². The van der Waals surface area contributed by atoms with E-state index >= 15 is 0 Å². The molecule has 0 aliphatic rings. The summed E-state index contributed by atoms with van der Waals surface area (Å²) in [6, 6.07) is 3.82.